The number of rotatable bonds is 4. The molecule has 0 unspecified atom stereocenters. The molecule has 0 aliphatic heterocycles. The van der Waals surface area contributed by atoms with E-state index in [0.29, 0.717) is 33.0 Å². The average molecular weight is 324 g/mol. The van der Waals surface area contributed by atoms with Gasteiger partial charge in [-0.05, 0) is 25.0 Å². The Bertz CT molecular complexity index is 698. The van der Waals surface area contributed by atoms with Crippen LogP contribution in [0.2, 0.25) is 5.02 Å². The van der Waals surface area contributed by atoms with Gasteiger partial charge in [0, 0.05) is 17.0 Å². The van der Waals surface area contributed by atoms with Crippen LogP contribution in [-0.4, -0.2) is 18.1 Å². The van der Waals surface area contributed by atoms with Crippen LogP contribution < -0.4 is 11.1 Å². The normalized spacial score (nSPS) is 14.0. The summed E-state index contributed by atoms with van der Waals surface area (Å²) < 4.78 is 4.77. The molecule has 1 aromatic heterocycles. The smallest absolute Gasteiger partial charge is 0.340 e. The summed E-state index contributed by atoms with van der Waals surface area (Å²) >= 11 is 7.68. The van der Waals surface area contributed by atoms with Crippen molar-refractivity contribution in [1.29, 1.82) is 0 Å². The molecule has 1 saturated carbocycles. The van der Waals surface area contributed by atoms with E-state index in [0.717, 1.165) is 5.69 Å². The summed E-state index contributed by atoms with van der Waals surface area (Å²) in [6, 6.07) is 3.13. The molecule has 0 atom stereocenters. The second-order valence-corrected chi connectivity index (χ2v) is 6.16. The van der Waals surface area contributed by atoms with Crippen LogP contribution in [0.3, 0.4) is 0 Å². The quantitative estimate of drug-likeness (QED) is 0.661. The van der Waals surface area contributed by atoms with Crippen molar-refractivity contribution in [2.24, 2.45) is 0 Å². The van der Waals surface area contributed by atoms with Crippen molar-refractivity contribution in [3.8, 4) is 0 Å². The van der Waals surface area contributed by atoms with Crippen LogP contribution in [-0.2, 0) is 4.74 Å². The predicted octanol–water partition coefficient (Wildman–Crippen LogP) is 3.79. The summed E-state index contributed by atoms with van der Waals surface area (Å²) in [5.74, 6) is 0.0874. The SMILES string of the molecule is COC(=O)c1cc(N)cc(Cl)c1Nc1nc(C2CC2)cs1. The van der Waals surface area contributed by atoms with E-state index in [9.17, 15) is 4.79 Å². The topological polar surface area (TPSA) is 77.2 Å². The number of methoxy groups -OCH3 is 1. The molecule has 2 aromatic rings. The molecule has 0 radical (unpaired) electrons. The first-order chi connectivity index (χ1) is 10.1. The van der Waals surface area contributed by atoms with E-state index in [1.165, 1.54) is 37.4 Å². The van der Waals surface area contributed by atoms with E-state index >= 15 is 0 Å². The molecule has 3 N–H and O–H groups in total. The van der Waals surface area contributed by atoms with Gasteiger partial charge in [0.15, 0.2) is 5.13 Å². The first-order valence-corrected chi connectivity index (χ1v) is 7.74. The monoisotopic (exact) mass is 323 g/mol. The predicted molar refractivity (Wildman–Crippen MR) is 84.6 cm³/mol. The molecule has 1 aliphatic carbocycles. The third-order valence-electron chi connectivity index (χ3n) is 3.27. The lowest BCUT2D eigenvalue weighted by Gasteiger charge is -2.11. The number of aromatic nitrogens is 1. The molecule has 21 heavy (non-hydrogen) atoms. The standard InChI is InChI=1S/C14H14ClN3O2S/c1-20-13(19)9-4-8(16)5-10(15)12(9)18-14-17-11(6-21-14)7-2-3-7/h4-7H,2-3,16H2,1H3,(H,17,18). The Morgan fingerprint density at radius 1 is 1.52 bits per heavy atom. The number of esters is 1. The van der Waals surface area contributed by atoms with Crippen molar-refractivity contribution in [3.63, 3.8) is 0 Å². The van der Waals surface area contributed by atoms with Gasteiger partial charge in [0.25, 0.3) is 0 Å². The van der Waals surface area contributed by atoms with Crippen molar-refractivity contribution in [1.82, 2.24) is 4.98 Å². The van der Waals surface area contributed by atoms with Crippen molar-refractivity contribution >= 4 is 45.4 Å². The molecule has 7 heteroatoms. The summed E-state index contributed by atoms with van der Waals surface area (Å²) in [6.45, 7) is 0. The minimum atomic E-state index is -0.495. The van der Waals surface area contributed by atoms with Gasteiger partial charge in [-0.3, -0.25) is 0 Å². The maximum absolute atomic E-state index is 11.9. The fourth-order valence-electron chi connectivity index (χ4n) is 2.04. The van der Waals surface area contributed by atoms with Gasteiger partial charge < -0.3 is 15.8 Å². The molecule has 3 rings (SSSR count). The van der Waals surface area contributed by atoms with Crippen molar-refractivity contribution in [2.75, 3.05) is 18.2 Å². The summed E-state index contributed by atoms with van der Waals surface area (Å²) in [5.41, 5.74) is 7.99. The van der Waals surface area contributed by atoms with Crippen molar-refractivity contribution in [3.05, 3.63) is 33.8 Å². The van der Waals surface area contributed by atoms with E-state index < -0.39 is 5.97 Å². The van der Waals surface area contributed by atoms with Gasteiger partial charge in [-0.2, -0.15) is 0 Å². The van der Waals surface area contributed by atoms with E-state index in [1.807, 2.05) is 5.38 Å². The van der Waals surface area contributed by atoms with Crippen LogP contribution in [0, 0.1) is 0 Å². The Morgan fingerprint density at radius 2 is 2.29 bits per heavy atom. The fourth-order valence-corrected chi connectivity index (χ4v) is 3.11. The number of nitrogen functional groups attached to an aromatic ring is 1. The van der Waals surface area contributed by atoms with Crippen LogP contribution in [0.5, 0.6) is 0 Å². The summed E-state index contributed by atoms with van der Waals surface area (Å²) in [6.07, 6.45) is 2.39. The maximum atomic E-state index is 11.9. The fraction of sp³-hybridized carbons (Fsp3) is 0.286. The minimum absolute atomic E-state index is 0.297. The molecule has 0 bridgehead atoms. The maximum Gasteiger partial charge on any atom is 0.340 e. The molecule has 5 nitrogen and oxygen atoms in total. The minimum Gasteiger partial charge on any atom is -0.465 e. The van der Waals surface area contributed by atoms with Gasteiger partial charge in [-0.25, -0.2) is 9.78 Å². The third kappa shape index (κ3) is 2.96. The number of hydrogen-bond acceptors (Lipinski definition) is 6. The molecule has 0 saturated heterocycles. The van der Waals surface area contributed by atoms with E-state index in [-0.39, 0.29) is 0 Å². The van der Waals surface area contributed by atoms with Crippen LogP contribution in [0.1, 0.15) is 34.8 Å². The lowest BCUT2D eigenvalue weighted by atomic mass is 10.1. The second-order valence-electron chi connectivity index (χ2n) is 4.89. The third-order valence-corrected chi connectivity index (χ3v) is 4.34. The Labute approximate surface area is 131 Å². The van der Waals surface area contributed by atoms with Gasteiger partial charge in [0.05, 0.1) is 29.1 Å². The first kappa shape index (κ1) is 14.2. The lowest BCUT2D eigenvalue weighted by Crippen LogP contribution is -2.07. The van der Waals surface area contributed by atoms with E-state index in [1.54, 1.807) is 6.07 Å². The number of anilines is 3. The molecule has 1 fully saturated rings. The van der Waals surface area contributed by atoms with Gasteiger partial charge >= 0.3 is 5.97 Å². The van der Waals surface area contributed by atoms with Gasteiger partial charge in [0.2, 0.25) is 0 Å². The molecule has 110 valence electrons. The largest absolute Gasteiger partial charge is 0.465 e. The van der Waals surface area contributed by atoms with Gasteiger partial charge in [0.1, 0.15) is 0 Å². The zero-order chi connectivity index (χ0) is 15.0. The summed E-state index contributed by atoms with van der Waals surface area (Å²) in [4.78, 5) is 16.4. The van der Waals surface area contributed by atoms with Crippen LogP contribution >= 0.6 is 22.9 Å². The Hall–Kier alpha value is -1.79. The number of benzene rings is 1. The molecular weight excluding hydrogens is 310 g/mol. The summed E-state index contributed by atoms with van der Waals surface area (Å²) in [7, 11) is 1.32. The number of nitrogens with zero attached hydrogens (tertiary/aromatic N) is 1. The number of carbonyl (C=O) groups excluding carboxylic acids is 1. The summed E-state index contributed by atoms with van der Waals surface area (Å²) in [5, 5.41) is 6.20. The second kappa shape index (κ2) is 5.54. The van der Waals surface area contributed by atoms with Gasteiger partial charge in [-0.15, -0.1) is 11.3 Å². The number of thiazole rings is 1. The number of hydrogen-bond donors (Lipinski definition) is 2. The van der Waals surface area contributed by atoms with Crippen molar-refractivity contribution in [2.45, 2.75) is 18.8 Å². The highest BCUT2D eigenvalue weighted by molar-refractivity contribution is 7.13. The van der Waals surface area contributed by atoms with Crippen LogP contribution in [0.25, 0.3) is 0 Å². The molecule has 0 spiro atoms. The first-order valence-electron chi connectivity index (χ1n) is 6.48. The van der Waals surface area contributed by atoms with Gasteiger partial charge in [-0.1, -0.05) is 11.6 Å². The molecular formula is C14H14ClN3O2S. The number of nitrogens with two attached hydrogens (primary N) is 1. The van der Waals surface area contributed by atoms with E-state index in [4.69, 9.17) is 22.1 Å². The molecule has 0 amide bonds. The molecule has 1 heterocycles. The zero-order valence-electron chi connectivity index (χ0n) is 11.4. The highest BCUT2D eigenvalue weighted by Gasteiger charge is 2.26. The number of carbonyl (C=O) groups is 1. The Balaban J connectivity index is 1.94. The Morgan fingerprint density at radius 3 is 2.95 bits per heavy atom. The Kier molecular flexibility index (Phi) is 3.73. The van der Waals surface area contributed by atoms with E-state index in [2.05, 4.69) is 10.3 Å². The highest BCUT2D eigenvalue weighted by atomic mass is 35.5. The zero-order valence-corrected chi connectivity index (χ0v) is 12.9. The molecule has 1 aliphatic rings. The average Bonchev–Trinajstić information content (AvgIpc) is 3.20. The van der Waals surface area contributed by atoms with Crippen molar-refractivity contribution < 1.29 is 9.53 Å². The highest BCUT2D eigenvalue weighted by Crippen LogP contribution is 2.41. The lowest BCUT2D eigenvalue weighted by molar-refractivity contribution is 0.0602. The van der Waals surface area contributed by atoms with Crippen LogP contribution in [0.4, 0.5) is 16.5 Å². The number of halogens is 1. The molecule has 1 aromatic carbocycles. The number of ether oxygens (including phenoxy) is 1. The number of nitrogens with one attached hydrogen (secondary N) is 1. The van der Waals surface area contributed by atoms with Crippen LogP contribution in [0.15, 0.2) is 17.5 Å².